The molecule has 0 aliphatic carbocycles. The Hall–Kier alpha value is -1.53. The number of ether oxygens (including phenoxy) is 2. The summed E-state index contributed by atoms with van der Waals surface area (Å²) in [6.45, 7) is 3.25. The average molecular weight is 353 g/mol. The van der Waals surface area contributed by atoms with E-state index in [-0.39, 0.29) is 6.79 Å². The molecule has 1 aliphatic heterocycles. The number of aliphatic hydroxyl groups excluding tert-OH is 1. The van der Waals surface area contributed by atoms with Gasteiger partial charge < -0.3 is 19.1 Å². The van der Waals surface area contributed by atoms with Gasteiger partial charge in [-0.1, -0.05) is 6.92 Å². The van der Waals surface area contributed by atoms with Crippen LogP contribution in [0.2, 0.25) is 0 Å². The second-order valence-electron chi connectivity index (χ2n) is 4.99. The van der Waals surface area contributed by atoms with Crippen LogP contribution in [0.3, 0.4) is 0 Å². The Bertz CT molecular complexity index is 642. The van der Waals surface area contributed by atoms with E-state index in [0.29, 0.717) is 17.9 Å². The predicted octanol–water partition coefficient (Wildman–Crippen LogP) is 3.06. The van der Waals surface area contributed by atoms with Gasteiger partial charge in [-0.05, 0) is 40.0 Å². The monoisotopic (exact) mass is 352 g/mol. The van der Waals surface area contributed by atoms with Crippen LogP contribution < -0.4 is 9.47 Å². The lowest BCUT2D eigenvalue weighted by Gasteiger charge is -2.13. The van der Waals surface area contributed by atoms with E-state index in [1.165, 1.54) is 0 Å². The summed E-state index contributed by atoms with van der Waals surface area (Å²) in [6.07, 6.45) is 4.59. The highest BCUT2D eigenvalue weighted by atomic mass is 79.9. The first-order chi connectivity index (χ1) is 10.2. The molecule has 0 saturated carbocycles. The number of aryl methyl sites for hydroxylation is 1. The maximum atomic E-state index is 10.5. The molecule has 1 aliphatic rings. The Morgan fingerprint density at radius 2 is 2.29 bits per heavy atom. The van der Waals surface area contributed by atoms with Crippen LogP contribution in [-0.4, -0.2) is 21.5 Å². The van der Waals surface area contributed by atoms with Crippen molar-refractivity contribution in [3.8, 4) is 11.5 Å². The predicted molar refractivity (Wildman–Crippen MR) is 81.4 cm³/mol. The smallest absolute Gasteiger partial charge is 0.231 e. The van der Waals surface area contributed by atoms with Gasteiger partial charge >= 0.3 is 0 Å². The van der Waals surface area contributed by atoms with Gasteiger partial charge in [-0.15, -0.1) is 0 Å². The average Bonchev–Trinajstić information content (AvgIpc) is 3.09. The molecule has 6 heteroatoms. The summed E-state index contributed by atoms with van der Waals surface area (Å²) < 4.78 is 13.6. The molecule has 112 valence electrons. The molecule has 0 radical (unpaired) electrons. The lowest BCUT2D eigenvalue weighted by atomic mass is 10.1. The molecule has 0 amide bonds. The van der Waals surface area contributed by atoms with Crippen LogP contribution in [0.15, 0.2) is 29.0 Å². The van der Waals surface area contributed by atoms with Crippen LogP contribution in [0.1, 0.15) is 30.8 Å². The number of hydrogen-bond acceptors (Lipinski definition) is 4. The second-order valence-corrected chi connectivity index (χ2v) is 5.85. The van der Waals surface area contributed by atoms with E-state index in [4.69, 9.17) is 9.47 Å². The zero-order valence-corrected chi connectivity index (χ0v) is 13.3. The lowest BCUT2D eigenvalue weighted by molar-refractivity contribution is 0.170. The molecule has 5 nitrogen and oxygen atoms in total. The maximum Gasteiger partial charge on any atom is 0.231 e. The zero-order chi connectivity index (χ0) is 14.8. The van der Waals surface area contributed by atoms with Crippen molar-refractivity contribution in [2.24, 2.45) is 0 Å². The molecule has 2 aromatic rings. The summed E-state index contributed by atoms with van der Waals surface area (Å²) in [6, 6.07) is 3.69. The number of hydrogen-bond donors (Lipinski definition) is 1. The topological polar surface area (TPSA) is 56.5 Å². The van der Waals surface area contributed by atoms with Crippen LogP contribution in [0, 0.1) is 0 Å². The fourth-order valence-electron chi connectivity index (χ4n) is 2.44. The van der Waals surface area contributed by atoms with Crippen LogP contribution >= 0.6 is 15.9 Å². The summed E-state index contributed by atoms with van der Waals surface area (Å²) in [5, 5.41) is 10.5. The Morgan fingerprint density at radius 1 is 1.43 bits per heavy atom. The highest BCUT2D eigenvalue weighted by Gasteiger charge is 2.21. The van der Waals surface area contributed by atoms with E-state index in [1.807, 2.05) is 18.3 Å². The van der Waals surface area contributed by atoms with E-state index in [1.54, 1.807) is 6.20 Å². The molecule has 0 saturated heterocycles. The normalized spacial score (nSPS) is 14.4. The molecule has 1 aromatic carbocycles. The number of nitrogens with zero attached hydrogens (tertiary/aromatic N) is 2. The Labute approximate surface area is 131 Å². The fraction of sp³-hybridized carbons (Fsp3) is 0.400. The summed E-state index contributed by atoms with van der Waals surface area (Å²) in [5.41, 5.74) is 0.789. The van der Waals surface area contributed by atoms with Gasteiger partial charge in [0.2, 0.25) is 6.79 Å². The number of aliphatic hydroxyl groups is 1. The largest absolute Gasteiger partial charge is 0.454 e. The molecule has 1 atom stereocenters. The SMILES string of the molecule is CCCn1ccnc1CC(O)c1cc(Br)c2c(c1)OCO2. The van der Waals surface area contributed by atoms with Crippen molar-refractivity contribution < 1.29 is 14.6 Å². The van der Waals surface area contributed by atoms with E-state index in [2.05, 4.69) is 32.4 Å². The summed E-state index contributed by atoms with van der Waals surface area (Å²) >= 11 is 3.45. The van der Waals surface area contributed by atoms with E-state index in [0.717, 1.165) is 28.8 Å². The Balaban J connectivity index is 1.81. The van der Waals surface area contributed by atoms with Gasteiger partial charge in [-0.3, -0.25) is 0 Å². The van der Waals surface area contributed by atoms with Gasteiger partial charge in [0.1, 0.15) is 5.82 Å². The number of aromatic nitrogens is 2. The molecule has 21 heavy (non-hydrogen) atoms. The number of rotatable bonds is 5. The van der Waals surface area contributed by atoms with Crippen LogP contribution in [0.4, 0.5) is 0 Å². The van der Waals surface area contributed by atoms with Gasteiger partial charge in [0.25, 0.3) is 0 Å². The van der Waals surface area contributed by atoms with E-state index in [9.17, 15) is 5.11 Å². The molecule has 0 spiro atoms. The molecule has 1 aromatic heterocycles. The van der Waals surface area contributed by atoms with Gasteiger partial charge in [0.05, 0.1) is 10.6 Å². The molecule has 0 bridgehead atoms. The third kappa shape index (κ3) is 2.91. The van der Waals surface area contributed by atoms with Crippen LogP contribution in [0.25, 0.3) is 0 Å². The first kappa shape index (κ1) is 14.4. The first-order valence-electron chi connectivity index (χ1n) is 6.96. The highest BCUT2D eigenvalue weighted by molar-refractivity contribution is 9.10. The van der Waals surface area contributed by atoms with Crippen molar-refractivity contribution >= 4 is 15.9 Å². The summed E-state index contributed by atoms with van der Waals surface area (Å²) in [4.78, 5) is 4.33. The number of halogens is 1. The van der Waals surface area contributed by atoms with Crippen molar-refractivity contribution in [2.45, 2.75) is 32.4 Å². The van der Waals surface area contributed by atoms with E-state index >= 15 is 0 Å². The molecule has 1 unspecified atom stereocenters. The fourth-order valence-corrected chi connectivity index (χ4v) is 3.02. The van der Waals surface area contributed by atoms with Crippen LogP contribution in [0.5, 0.6) is 11.5 Å². The van der Waals surface area contributed by atoms with Gasteiger partial charge in [0, 0.05) is 25.4 Å². The molecular weight excluding hydrogens is 336 g/mol. The van der Waals surface area contributed by atoms with Crippen molar-refractivity contribution in [3.63, 3.8) is 0 Å². The summed E-state index contributed by atoms with van der Waals surface area (Å²) in [5.74, 6) is 2.24. The number of benzene rings is 1. The first-order valence-corrected chi connectivity index (χ1v) is 7.75. The third-order valence-corrected chi connectivity index (χ3v) is 4.07. The third-order valence-electron chi connectivity index (χ3n) is 3.48. The number of imidazole rings is 1. The van der Waals surface area contributed by atoms with Crippen molar-refractivity contribution in [2.75, 3.05) is 6.79 Å². The van der Waals surface area contributed by atoms with Crippen molar-refractivity contribution in [3.05, 3.63) is 40.4 Å². The molecule has 0 fully saturated rings. The van der Waals surface area contributed by atoms with Gasteiger partial charge in [-0.2, -0.15) is 0 Å². The quantitative estimate of drug-likeness (QED) is 0.898. The second kappa shape index (κ2) is 6.07. The number of fused-ring (bicyclic) bond motifs is 1. The van der Waals surface area contributed by atoms with Gasteiger partial charge in [-0.25, -0.2) is 4.98 Å². The highest BCUT2D eigenvalue weighted by Crippen LogP contribution is 2.41. The summed E-state index contributed by atoms with van der Waals surface area (Å²) in [7, 11) is 0. The minimum Gasteiger partial charge on any atom is -0.454 e. The minimum atomic E-state index is -0.631. The Morgan fingerprint density at radius 3 is 3.10 bits per heavy atom. The standard InChI is InChI=1S/C15H17BrN2O3/c1-2-4-18-5-3-17-14(18)8-12(19)10-6-11(16)15-13(7-10)20-9-21-15/h3,5-7,12,19H,2,4,8-9H2,1H3. The van der Waals surface area contributed by atoms with Crippen molar-refractivity contribution in [1.29, 1.82) is 0 Å². The minimum absolute atomic E-state index is 0.217. The zero-order valence-electron chi connectivity index (χ0n) is 11.8. The van der Waals surface area contributed by atoms with E-state index < -0.39 is 6.10 Å². The van der Waals surface area contributed by atoms with Crippen molar-refractivity contribution in [1.82, 2.24) is 9.55 Å². The van der Waals surface area contributed by atoms with Gasteiger partial charge in [0.15, 0.2) is 11.5 Å². The molecule has 1 N–H and O–H groups in total. The lowest BCUT2D eigenvalue weighted by Crippen LogP contribution is -2.09. The molecular formula is C15H17BrN2O3. The Kier molecular flexibility index (Phi) is 4.17. The maximum absolute atomic E-state index is 10.5. The molecule has 2 heterocycles. The van der Waals surface area contributed by atoms with Crippen LogP contribution in [-0.2, 0) is 13.0 Å². The molecule has 3 rings (SSSR count).